The molecule has 0 fully saturated rings. The summed E-state index contributed by atoms with van der Waals surface area (Å²) in [7, 11) is -1.38. The van der Waals surface area contributed by atoms with E-state index in [0.717, 1.165) is 22.3 Å². The Balaban J connectivity index is 2.13. The average Bonchev–Trinajstić information content (AvgIpc) is 2.67. The molecule has 2 aromatic rings. The molecule has 0 saturated carbocycles. The fraction of sp³-hybridized carbons (Fsp3) is 0.348. The number of rotatable bonds is 8. The summed E-state index contributed by atoms with van der Waals surface area (Å²) in [5.41, 5.74) is 3.99. The lowest BCUT2D eigenvalue weighted by Gasteiger charge is -2.23. The Morgan fingerprint density at radius 3 is 2.18 bits per heavy atom. The van der Waals surface area contributed by atoms with Gasteiger partial charge in [-0.2, -0.15) is 0 Å². The maximum atomic E-state index is 12.5. The Morgan fingerprint density at radius 1 is 1.07 bits per heavy atom. The summed E-state index contributed by atoms with van der Waals surface area (Å²) in [6, 6.07) is 17.5. The second kappa shape index (κ2) is 9.80. The quantitative estimate of drug-likeness (QED) is 0.652. The number of carbonyl (C=O) groups is 1. The molecule has 0 aliphatic rings. The molecule has 0 aliphatic carbocycles. The van der Waals surface area contributed by atoms with Crippen molar-refractivity contribution in [3.63, 3.8) is 0 Å². The Kier molecular flexibility index (Phi) is 7.72. The van der Waals surface area contributed by atoms with Gasteiger partial charge in [-0.15, -0.1) is 0 Å². The molecule has 2 rings (SSSR count). The SMILES string of the molecule is C=C(C[C@@H](NS(=O)C(C)(C)C)C(=O)OCC)c1ccc(-c2ccccc2)cc1. The van der Waals surface area contributed by atoms with Gasteiger partial charge < -0.3 is 4.74 Å². The second-order valence-electron chi connectivity index (χ2n) is 7.55. The lowest BCUT2D eigenvalue weighted by atomic mass is 9.97. The standard InChI is InChI=1S/C23H29NO3S/c1-6-27-22(25)21(24-28(26)23(3,4)5)16-17(2)18-12-14-20(15-13-18)19-10-8-7-9-11-19/h7-15,21,24H,2,6,16H2,1,3-5H3/t21-,28?/m1/s1. The van der Waals surface area contributed by atoms with Crippen molar-refractivity contribution >= 4 is 22.5 Å². The molecule has 1 unspecified atom stereocenters. The molecule has 0 aliphatic heterocycles. The summed E-state index contributed by atoms with van der Waals surface area (Å²) in [6.45, 7) is 11.7. The summed E-state index contributed by atoms with van der Waals surface area (Å²) in [6.07, 6.45) is 0.325. The zero-order valence-electron chi connectivity index (χ0n) is 17.0. The van der Waals surface area contributed by atoms with Crippen LogP contribution in [0.3, 0.4) is 0 Å². The van der Waals surface area contributed by atoms with E-state index in [4.69, 9.17) is 4.74 Å². The van der Waals surface area contributed by atoms with Crippen molar-refractivity contribution in [2.45, 2.75) is 44.9 Å². The van der Waals surface area contributed by atoms with E-state index in [2.05, 4.69) is 23.4 Å². The van der Waals surface area contributed by atoms with Crippen molar-refractivity contribution in [1.29, 1.82) is 0 Å². The molecular formula is C23H29NO3S. The first kappa shape index (κ1) is 22.1. The molecule has 2 aromatic carbocycles. The fourth-order valence-corrected chi connectivity index (χ4v) is 3.41. The van der Waals surface area contributed by atoms with Gasteiger partial charge in [0.2, 0.25) is 0 Å². The van der Waals surface area contributed by atoms with Crippen molar-refractivity contribution in [2.75, 3.05) is 6.61 Å². The second-order valence-corrected chi connectivity index (χ2v) is 9.55. The normalized spacial score (nSPS) is 13.6. The van der Waals surface area contributed by atoms with E-state index in [1.807, 2.05) is 63.2 Å². The average molecular weight is 400 g/mol. The summed E-state index contributed by atoms with van der Waals surface area (Å²) in [5, 5.41) is 0. The molecule has 0 heterocycles. The van der Waals surface area contributed by atoms with Crippen LogP contribution in [0.2, 0.25) is 0 Å². The van der Waals surface area contributed by atoms with Gasteiger partial charge in [0.1, 0.15) is 6.04 Å². The van der Waals surface area contributed by atoms with Crippen LogP contribution in [-0.4, -0.2) is 27.6 Å². The van der Waals surface area contributed by atoms with Crippen LogP contribution in [0.25, 0.3) is 16.7 Å². The molecule has 0 bridgehead atoms. The minimum atomic E-state index is -1.38. The van der Waals surface area contributed by atoms with Gasteiger partial charge in [0.25, 0.3) is 0 Å². The van der Waals surface area contributed by atoms with E-state index < -0.39 is 27.7 Å². The molecular weight excluding hydrogens is 370 g/mol. The van der Waals surface area contributed by atoms with E-state index in [1.54, 1.807) is 6.92 Å². The van der Waals surface area contributed by atoms with Gasteiger partial charge in [-0.05, 0) is 56.4 Å². The number of hydrogen-bond acceptors (Lipinski definition) is 3. The van der Waals surface area contributed by atoms with Gasteiger partial charge in [0.15, 0.2) is 0 Å². The summed E-state index contributed by atoms with van der Waals surface area (Å²) in [4.78, 5) is 12.4. The third kappa shape index (κ3) is 6.14. The van der Waals surface area contributed by atoms with Crippen LogP contribution in [0, 0.1) is 0 Å². The highest BCUT2D eigenvalue weighted by atomic mass is 32.2. The minimum Gasteiger partial charge on any atom is -0.465 e. The zero-order valence-corrected chi connectivity index (χ0v) is 17.8. The molecule has 0 radical (unpaired) electrons. The largest absolute Gasteiger partial charge is 0.465 e. The van der Waals surface area contributed by atoms with Gasteiger partial charge in [-0.3, -0.25) is 4.79 Å². The van der Waals surface area contributed by atoms with E-state index in [9.17, 15) is 9.00 Å². The van der Waals surface area contributed by atoms with Crippen LogP contribution in [0.4, 0.5) is 0 Å². The molecule has 0 amide bonds. The summed E-state index contributed by atoms with van der Waals surface area (Å²) in [5.74, 6) is -0.415. The predicted molar refractivity (Wildman–Crippen MR) is 117 cm³/mol. The number of nitrogens with one attached hydrogen (secondary N) is 1. The third-order valence-electron chi connectivity index (χ3n) is 4.23. The van der Waals surface area contributed by atoms with E-state index in [0.29, 0.717) is 6.42 Å². The maximum Gasteiger partial charge on any atom is 0.324 e. The lowest BCUT2D eigenvalue weighted by molar-refractivity contribution is -0.144. The van der Waals surface area contributed by atoms with Crippen LogP contribution in [-0.2, 0) is 20.5 Å². The van der Waals surface area contributed by atoms with Crippen LogP contribution in [0.15, 0.2) is 61.2 Å². The Morgan fingerprint density at radius 2 is 1.64 bits per heavy atom. The minimum absolute atomic E-state index is 0.275. The third-order valence-corrected chi connectivity index (χ3v) is 5.84. The molecule has 1 N–H and O–H groups in total. The number of esters is 1. The zero-order chi connectivity index (χ0) is 20.7. The van der Waals surface area contributed by atoms with Crippen molar-refractivity contribution in [2.24, 2.45) is 0 Å². The smallest absolute Gasteiger partial charge is 0.324 e. The lowest BCUT2D eigenvalue weighted by Crippen LogP contribution is -2.44. The highest BCUT2D eigenvalue weighted by Gasteiger charge is 2.28. The topological polar surface area (TPSA) is 55.4 Å². The van der Waals surface area contributed by atoms with Gasteiger partial charge in [-0.1, -0.05) is 61.2 Å². The number of ether oxygens (including phenoxy) is 1. The molecule has 4 nitrogen and oxygen atoms in total. The van der Waals surface area contributed by atoms with E-state index in [1.165, 1.54) is 0 Å². The Labute approximate surface area is 170 Å². The first-order valence-corrected chi connectivity index (χ1v) is 10.6. The van der Waals surface area contributed by atoms with Gasteiger partial charge in [0, 0.05) is 0 Å². The maximum absolute atomic E-state index is 12.5. The molecule has 2 atom stereocenters. The van der Waals surface area contributed by atoms with Gasteiger partial charge in [-0.25, -0.2) is 8.93 Å². The van der Waals surface area contributed by atoms with Crippen LogP contribution < -0.4 is 4.72 Å². The molecule has 150 valence electrons. The van der Waals surface area contributed by atoms with Crippen LogP contribution in [0.1, 0.15) is 39.7 Å². The predicted octanol–water partition coefficient (Wildman–Crippen LogP) is 4.74. The highest BCUT2D eigenvalue weighted by Crippen LogP contribution is 2.24. The monoisotopic (exact) mass is 399 g/mol. The molecule has 5 heteroatoms. The molecule has 0 saturated heterocycles. The van der Waals surface area contributed by atoms with E-state index in [-0.39, 0.29) is 6.61 Å². The van der Waals surface area contributed by atoms with E-state index >= 15 is 0 Å². The molecule has 0 spiro atoms. The summed E-state index contributed by atoms with van der Waals surface area (Å²) >= 11 is 0. The highest BCUT2D eigenvalue weighted by molar-refractivity contribution is 7.84. The first-order chi connectivity index (χ1) is 13.2. The Hall–Kier alpha value is -2.24. The fourth-order valence-electron chi connectivity index (χ4n) is 2.62. The summed E-state index contributed by atoms with van der Waals surface area (Å²) < 4.78 is 20.1. The van der Waals surface area contributed by atoms with Crippen molar-refractivity contribution < 1.29 is 13.7 Å². The van der Waals surface area contributed by atoms with Crippen LogP contribution >= 0.6 is 0 Å². The van der Waals surface area contributed by atoms with Gasteiger partial charge in [0.05, 0.1) is 22.3 Å². The molecule has 28 heavy (non-hydrogen) atoms. The number of carbonyl (C=O) groups excluding carboxylic acids is 1. The number of benzene rings is 2. The van der Waals surface area contributed by atoms with Crippen molar-refractivity contribution in [1.82, 2.24) is 4.72 Å². The Bertz CT molecular complexity index is 823. The molecule has 0 aromatic heterocycles. The van der Waals surface area contributed by atoms with Crippen LogP contribution in [0.5, 0.6) is 0 Å². The number of hydrogen-bond donors (Lipinski definition) is 1. The van der Waals surface area contributed by atoms with Crippen molar-refractivity contribution in [3.05, 3.63) is 66.7 Å². The van der Waals surface area contributed by atoms with Gasteiger partial charge >= 0.3 is 5.97 Å². The van der Waals surface area contributed by atoms with Crippen molar-refractivity contribution in [3.8, 4) is 11.1 Å². The first-order valence-electron chi connectivity index (χ1n) is 9.40.